The van der Waals surface area contributed by atoms with Crippen molar-refractivity contribution in [3.05, 3.63) is 42.1 Å². The Morgan fingerprint density at radius 3 is 2.66 bits per heavy atom. The molecule has 2 aromatic rings. The Kier molecular flexibility index (Phi) is 6.06. The molecule has 1 saturated carbocycles. The molecule has 0 aliphatic heterocycles. The van der Waals surface area contributed by atoms with E-state index < -0.39 is 28.6 Å². The number of sulfonamides is 1. The van der Waals surface area contributed by atoms with Gasteiger partial charge in [0, 0.05) is 17.5 Å². The Hall–Kier alpha value is -2.39. The summed E-state index contributed by atoms with van der Waals surface area (Å²) in [6.45, 7) is 2.80. The van der Waals surface area contributed by atoms with Crippen LogP contribution in [0.3, 0.4) is 0 Å². The van der Waals surface area contributed by atoms with Crippen LogP contribution in [-0.4, -0.2) is 37.3 Å². The number of nitrogens with two attached hydrogens (primary N) is 1. The standard InChI is InChI=1S/C23H29F2N3O3S/c1-3-32(29,30)27-23(2)11-9-15(10-12-23)22-21(26)18-8-7-17(31-14-20(24)25)13-19(18)28(22)16-5-4-6-16/h7-11,13,16,20,27H,3-6,12,14,26H2,1-2H3. The summed E-state index contributed by atoms with van der Waals surface area (Å²) in [7, 11) is -3.35. The molecule has 1 aromatic carbocycles. The quantitative estimate of drug-likeness (QED) is 0.595. The van der Waals surface area contributed by atoms with Crippen molar-refractivity contribution in [1.82, 2.24) is 9.29 Å². The van der Waals surface area contributed by atoms with Gasteiger partial charge >= 0.3 is 0 Å². The summed E-state index contributed by atoms with van der Waals surface area (Å²) < 4.78 is 59.5. The van der Waals surface area contributed by atoms with E-state index in [-0.39, 0.29) is 11.8 Å². The third kappa shape index (κ3) is 4.41. The van der Waals surface area contributed by atoms with Gasteiger partial charge in [0.25, 0.3) is 6.43 Å². The summed E-state index contributed by atoms with van der Waals surface area (Å²) in [6.07, 6.45) is 6.90. The van der Waals surface area contributed by atoms with Crippen LogP contribution in [0.15, 0.2) is 36.4 Å². The normalized spacial score (nSPS) is 21.7. The summed E-state index contributed by atoms with van der Waals surface area (Å²) in [6, 6.07) is 5.54. The van der Waals surface area contributed by atoms with E-state index in [1.807, 2.05) is 31.2 Å². The minimum Gasteiger partial charge on any atom is -0.488 e. The lowest BCUT2D eigenvalue weighted by atomic mass is 9.89. The number of aromatic nitrogens is 1. The lowest BCUT2D eigenvalue weighted by Gasteiger charge is -2.32. The maximum Gasteiger partial charge on any atom is 0.272 e. The van der Waals surface area contributed by atoms with Gasteiger partial charge in [-0.05, 0) is 57.2 Å². The zero-order chi connectivity index (χ0) is 23.1. The molecule has 4 rings (SSSR count). The maximum atomic E-state index is 12.6. The molecule has 0 saturated heterocycles. The minimum absolute atomic E-state index is 0.0197. The second-order valence-electron chi connectivity index (χ2n) is 8.72. The van der Waals surface area contributed by atoms with Crippen molar-refractivity contribution in [3.63, 3.8) is 0 Å². The zero-order valence-corrected chi connectivity index (χ0v) is 19.1. The van der Waals surface area contributed by atoms with Gasteiger partial charge in [0.1, 0.15) is 12.4 Å². The molecule has 1 aromatic heterocycles. The number of fused-ring (bicyclic) bond motifs is 1. The third-order valence-corrected chi connectivity index (χ3v) is 7.79. The van der Waals surface area contributed by atoms with E-state index in [1.165, 1.54) is 0 Å². The molecule has 0 amide bonds. The average Bonchev–Trinajstić information content (AvgIpc) is 2.97. The SMILES string of the molecule is CCS(=O)(=O)NC1(C)C=CC(c2c(N)c3ccc(OCC(F)F)cc3n2C2CCC2)=CC1. The van der Waals surface area contributed by atoms with Crippen LogP contribution in [0.5, 0.6) is 5.75 Å². The van der Waals surface area contributed by atoms with E-state index in [0.29, 0.717) is 17.9 Å². The number of alkyl halides is 2. The van der Waals surface area contributed by atoms with E-state index in [2.05, 4.69) is 9.29 Å². The molecule has 2 aliphatic rings. The Morgan fingerprint density at radius 2 is 2.09 bits per heavy atom. The zero-order valence-electron chi connectivity index (χ0n) is 18.3. The molecule has 0 bridgehead atoms. The van der Waals surface area contributed by atoms with Crippen LogP contribution < -0.4 is 15.2 Å². The predicted molar refractivity (Wildman–Crippen MR) is 123 cm³/mol. The Labute approximate surface area is 187 Å². The number of allylic oxidation sites excluding steroid dienone is 2. The van der Waals surface area contributed by atoms with Crippen LogP contribution in [0.1, 0.15) is 51.3 Å². The van der Waals surface area contributed by atoms with E-state index >= 15 is 0 Å². The van der Waals surface area contributed by atoms with Crippen molar-refractivity contribution >= 4 is 32.2 Å². The van der Waals surface area contributed by atoms with Gasteiger partial charge in [-0.15, -0.1) is 0 Å². The third-order valence-electron chi connectivity index (χ3n) is 6.25. The maximum absolute atomic E-state index is 12.6. The fourth-order valence-electron chi connectivity index (χ4n) is 4.29. The van der Waals surface area contributed by atoms with Crippen LogP contribution >= 0.6 is 0 Å². The number of nitrogens with one attached hydrogen (secondary N) is 1. The number of hydrogen-bond donors (Lipinski definition) is 2. The van der Waals surface area contributed by atoms with Gasteiger partial charge in [-0.2, -0.15) is 0 Å². The second-order valence-corrected chi connectivity index (χ2v) is 10.7. The molecule has 32 heavy (non-hydrogen) atoms. The first-order valence-corrected chi connectivity index (χ1v) is 12.5. The van der Waals surface area contributed by atoms with Gasteiger partial charge in [0.2, 0.25) is 10.0 Å². The van der Waals surface area contributed by atoms with Crippen LogP contribution in [0.25, 0.3) is 16.5 Å². The Morgan fingerprint density at radius 1 is 1.34 bits per heavy atom. The predicted octanol–water partition coefficient (Wildman–Crippen LogP) is 4.63. The number of benzene rings is 1. The lowest BCUT2D eigenvalue weighted by Crippen LogP contribution is -2.45. The number of rotatable bonds is 8. The molecule has 3 N–H and O–H groups in total. The van der Waals surface area contributed by atoms with Crippen molar-refractivity contribution in [2.24, 2.45) is 0 Å². The number of halogens is 2. The highest BCUT2D eigenvalue weighted by molar-refractivity contribution is 7.89. The van der Waals surface area contributed by atoms with Gasteiger partial charge in [-0.25, -0.2) is 21.9 Å². The molecular formula is C23H29F2N3O3S. The summed E-state index contributed by atoms with van der Waals surface area (Å²) in [5, 5.41) is 0.852. The number of ether oxygens (including phenoxy) is 1. The van der Waals surface area contributed by atoms with E-state index in [0.717, 1.165) is 41.4 Å². The molecule has 9 heteroatoms. The van der Waals surface area contributed by atoms with Gasteiger partial charge < -0.3 is 15.0 Å². The summed E-state index contributed by atoms with van der Waals surface area (Å²) >= 11 is 0. The van der Waals surface area contributed by atoms with Crippen molar-refractivity contribution in [1.29, 1.82) is 0 Å². The van der Waals surface area contributed by atoms with Crippen LogP contribution in [-0.2, 0) is 10.0 Å². The van der Waals surface area contributed by atoms with Crippen molar-refractivity contribution < 1.29 is 21.9 Å². The molecule has 2 aliphatic carbocycles. The van der Waals surface area contributed by atoms with Crippen LogP contribution in [0.2, 0.25) is 0 Å². The highest BCUT2D eigenvalue weighted by Crippen LogP contribution is 2.44. The topological polar surface area (TPSA) is 86.3 Å². The highest BCUT2D eigenvalue weighted by atomic mass is 32.2. The largest absolute Gasteiger partial charge is 0.488 e. The number of nitrogen functional groups attached to an aromatic ring is 1. The summed E-state index contributed by atoms with van der Waals surface area (Å²) in [4.78, 5) is 0. The number of hydrogen-bond acceptors (Lipinski definition) is 4. The van der Waals surface area contributed by atoms with Crippen molar-refractivity contribution in [2.45, 2.75) is 57.5 Å². The average molecular weight is 466 g/mol. The molecule has 0 spiro atoms. The minimum atomic E-state index is -3.35. The van der Waals surface area contributed by atoms with Gasteiger partial charge in [-0.1, -0.05) is 18.2 Å². The number of anilines is 1. The van der Waals surface area contributed by atoms with Gasteiger partial charge in [-0.3, -0.25) is 0 Å². The van der Waals surface area contributed by atoms with Crippen LogP contribution in [0, 0.1) is 0 Å². The molecule has 1 atom stereocenters. The molecule has 1 fully saturated rings. The van der Waals surface area contributed by atoms with Crippen molar-refractivity contribution in [3.8, 4) is 5.75 Å². The highest BCUT2D eigenvalue weighted by Gasteiger charge is 2.31. The molecule has 6 nitrogen and oxygen atoms in total. The molecule has 1 unspecified atom stereocenters. The summed E-state index contributed by atoms with van der Waals surface area (Å²) in [5.74, 6) is 0.406. The van der Waals surface area contributed by atoms with Crippen LogP contribution in [0.4, 0.5) is 14.5 Å². The first kappa shape index (κ1) is 22.8. The second kappa shape index (κ2) is 8.51. The Bertz CT molecular complexity index is 1180. The van der Waals surface area contributed by atoms with E-state index in [4.69, 9.17) is 10.5 Å². The van der Waals surface area contributed by atoms with E-state index in [1.54, 1.807) is 19.1 Å². The lowest BCUT2D eigenvalue weighted by molar-refractivity contribution is 0.0819. The first-order chi connectivity index (χ1) is 15.1. The van der Waals surface area contributed by atoms with E-state index in [9.17, 15) is 17.2 Å². The summed E-state index contributed by atoms with van der Waals surface area (Å²) in [5.41, 5.74) is 9.18. The Balaban J connectivity index is 1.73. The smallest absolute Gasteiger partial charge is 0.272 e. The first-order valence-electron chi connectivity index (χ1n) is 10.9. The van der Waals surface area contributed by atoms with Gasteiger partial charge in [0.15, 0.2) is 0 Å². The molecule has 1 heterocycles. The number of nitrogens with zero attached hydrogens (tertiary/aromatic N) is 1. The molecular weight excluding hydrogens is 436 g/mol. The van der Waals surface area contributed by atoms with Crippen molar-refractivity contribution in [2.75, 3.05) is 18.1 Å². The van der Waals surface area contributed by atoms with Gasteiger partial charge in [0.05, 0.1) is 28.2 Å². The molecule has 174 valence electrons. The fourth-order valence-corrected chi connectivity index (χ4v) is 5.30. The monoisotopic (exact) mass is 465 g/mol. The fraction of sp³-hybridized carbons (Fsp3) is 0.478. The molecule has 0 radical (unpaired) electrons.